The molecule has 1 saturated carbocycles. The van der Waals surface area contributed by atoms with Crippen molar-refractivity contribution in [3.63, 3.8) is 0 Å². The number of piperazine rings is 1. The van der Waals surface area contributed by atoms with Crippen LogP contribution >= 0.6 is 15.9 Å². The molecule has 0 radical (unpaired) electrons. The average Bonchev–Trinajstić information content (AvgIpc) is 3.57. The van der Waals surface area contributed by atoms with E-state index >= 15 is 0 Å². The summed E-state index contributed by atoms with van der Waals surface area (Å²) in [5, 5.41) is 10.1. The third kappa shape index (κ3) is 4.68. The highest BCUT2D eigenvalue weighted by Crippen LogP contribution is 2.45. The van der Waals surface area contributed by atoms with E-state index in [0.717, 1.165) is 42.1 Å². The molecule has 2 saturated heterocycles. The number of nitrogens with zero attached hydrogens (tertiary/aromatic N) is 5. The van der Waals surface area contributed by atoms with Crippen LogP contribution in [0.1, 0.15) is 25.7 Å². The molecule has 184 valence electrons. The molecular weight excluding hydrogens is 506 g/mol. The number of likely N-dealkylation sites (tertiary alicyclic amines) is 1. The molecule has 10 nitrogen and oxygen atoms in total. The number of hydrogen-bond acceptors (Lipinski definition) is 8. The number of fused-ring (bicyclic) bond motifs is 1. The van der Waals surface area contributed by atoms with Gasteiger partial charge in [0.1, 0.15) is 28.2 Å². The van der Waals surface area contributed by atoms with E-state index < -0.39 is 6.09 Å². The van der Waals surface area contributed by atoms with Gasteiger partial charge < -0.3 is 34.0 Å². The first kappa shape index (κ1) is 23.2. The van der Waals surface area contributed by atoms with Crippen LogP contribution in [0.4, 0.5) is 10.6 Å². The van der Waals surface area contributed by atoms with Gasteiger partial charge in [-0.3, -0.25) is 0 Å². The molecule has 3 aliphatic rings. The first-order valence-corrected chi connectivity index (χ1v) is 12.5. The summed E-state index contributed by atoms with van der Waals surface area (Å²) in [5.41, 5.74) is 0.667. The highest BCUT2D eigenvalue weighted by Gasteiger charge is 2.30. The van der Waals surface area contributed by atoms with Crippen LogP contribution in [0.5, 0.6) is 17.5 Å². The Morgan fingerprint density at radius 1 is 1.18 bits per heavy atom. The molecule has 1 N–H and O–H groups in total. The Morgan fingerprint density at radius 2 is 1.94 bits per heavy atom. The standard InChI is InChI=1S/C23H30BrN5O5/c1-27-7-3-4-14(27)13-33-22-25-19-16(12-17(32-2)18(24)20(19)34-15-5-6-15)21(26-22)28-8-10-29(11-9-28)23(30)31/h12,14-15H,3-11,13H2,1-2H3,(H,30,31)/t14-/m0/s1. The normalized spacial score (nSPS) is 21.2. The third-order valence-corrected chi connectivity index (χ3v) is 7.52. The van der Waals surface area contributed by atoms with Gasteiger partial charge in [-0.15, -0.1) is 0 Å². The summed E-state index contributed by atoms with van der Waals surface area (Å²) >= 11 is 3.65. The van der Waals surface area contributed by atoms with E-state index in [1.807, 2.05) is 6.07 Å². The summed E-state index contributed by atoms with van der Waals surface area (Å²) in [6.45, 7) is 3.45. The zero-order valence-electron chi connectivity index (χ0n) is 19.5. The van der Waals surface area contributed by atoms with Crippen LogP contribution in [0.3, 0.4) is 0 Å². The van der Waals surface area contributed by atoms with E-state index in [9.17, 15) is 9.90 Å². The molecule has 1 aromatic carbocycles. The predicted octanol–water partition coefficient (Wildman–Crippen LogP) is 3.22. The number of methoxy groups -OCH3 is 1. The van der Waals surface area contributed by atoms with Gasteiger partial charge in [-0.25, -0.2) is 4.79 Å². The lowest BCUT2D eigenvalue weighted by atomic mass is 10.1. The molecule has 0 spiro atoms. The summed E-state index contributed by atoms with van der Waals surface area (Å²) in [7, 11) is 3.73. The lowest BCUT2D eigenvalue weighted by Crippen LogP contribution is -2.48. The van der Waals surface area contributed by atoms with Gasteiger partial charge in [0.25, 0.3) is 0 Å². The quantitative estimate of drug-likeness (QED) is 0.572. The van der Waals surface area contributed by atoms with Crippen molar-refractivity contribution in [2.45, 2.75) is 37.8 Å². The van der Waals surface area contributed by atoms with Crippen LogP contribution in [-0.2, 0) is 0 Å². The Labute approximate surface area is 206 Å². The number of anilines is 1. The zero-order valence-corrected chi connectivity index (χ0v) is 21.1. The van der Waals surface area contributed by atoms with Gasteiger partial charge in [0, 0.05) is 32.2 Å². The molecule has 34 heavy (non-hydrogen) atoms. The summed E-state index contributed by atoms with van der Waals surface area (Å²) in [5.74, 6) is 1.97. The van der Waals surface area contributed by atoms with Gasteiger partial charge in [-0.05, 0) is 61.3 Å². The molecule has 11 heteroatoms. The number of ether oxygens (including phenoxy) is 3. The van der Waals surface area contributed by atoms with E-state index in [4.69, 9.17) is 24.2 Å². The van der Waals surface area contributed by atoms with Crippen molar-refractivity contribution < 1.29 is 24.1 Å². The lowest BCUT2D eigenvalue weighted by Gasteiger charge is -2.34. The molecule has 0 unspecified atom stereocenters. The van der Waals surface area contributed by atoms with Gasteiger partial charge in [-0.2, -0.15) is 9.97 Å². The van der Waals surface area contributed by atoms with E-state index in [0.29, 0.717) is 67.7 Å². The van der Waals surface area contributed by atoms with Gasteiger partial charge >= 0.3 is 12.1 Å². The molecule has 1 aromatic heterocycles. The van der Waals surface area contributed by atoms with Crippen molar-refractivity contribution in [2.24, 2.45) is 0 Å². The van der Waals surface area contributed by atoms with Crippen LogP contribution in [-0.4, -0.2) is 96.6 Å². The fraction of sp³-hybridized carbons (Fsp3) is 0.609. The van der Waals surface area contributed by atoms with E-state index in [1.54, 1.807) is 7.11 Å². The Hall–Kier alpha value is -2.53. The Morgan fingerprint density at radius 3 is 2.56 bits per heavy atom. The van der Waals surface area contributed by atoms with E-state index in [1.165, 1.54) is 4.90 Å². The summed E-state index contributed by atoms with van der Waals surface area (Å²) in [6, 6.07) is 2.56. The molecule has 3 fully saturated rings. The van der Waals surface area contributed by atoms with Crippen LogP contribution < -0.4 is 19.1 Å². The second kappa shape index (κ2) is 9.61. The van der Waals surface area contributed by atoms with Gasteiger partial charge in [0.15, 0.2) is 5.75 Å². The van der Waals surface area contributed by atoms with Gasteiger partial charge in [0.05, 0.1) is 18.6 Å². The van der Waals surface area contributed by atoms with Crippen LogP contribution in [0.15, 0.2) is 10.5 Å². The minimum atomic E-state index is -0.900. The molecule has 1 atom stereocenters. The number of rotatable bonds is 7. The first-order chi connectivity index (χ1) is 16.4. The van der Waals surface area contributed by atoms with Crippen molar-refractivity contribution in [3.8, 4) is 17.5 Å². The number of halogens is 1. The van der Waals surface area contributed by atoms with Crippen LogP contribution in [0.25, 0.3) is 10.9 Å². The van der Waals surface area contributed by atoms with Crippen molar-refractivity contribution in [2.75, 3.05) is 58.4 Å². The Balaban J connectivity index is 1.55. The van der Waals surface area contributed by atoms with Gasteiger partial charge in [-0.1, -0.05) is 0 Å². The van der Waals surface area contributed by atoms with Crippen LogP contribution in [0.2, 0.25) is 0 Å². The monoisotopic (exact) mass is 535 g/mol. The highest BCUT2D eigenvalue weighted by atomic mass is 79.9. The Kier molecular flexibility index (Phi) is 6.57. The minimum Gasteiger partial charge on any atom is -0.495 e. The fourth-order valence-corrected chi connectivity index (χ4v) is 5.10. The van der Waals surface area contributed by atoms with Crippen molar-refractivity contribution in [3.05, 3.63) is 10.5 Å². The van der Waals surface area contributed by atoms with E-state index in [2.05, 4.69) is 32.8 Å². The highest BCUT2D eigenvalue weighted by molar-refractivity contribution is 9.10. The van der Waals surface area contributed by atoms with Crippen molar-refractivity contribution >= 4 is 38.7 Å². The molecule has 2 aliphatic heterocycles. The Bertz CT molecular complexity index is 1070. The maximum atomic E-state index is 11.4. The average molecular weight is 536 g/mol. The maximum Gasteiger partial charge on any atom is 0.407 e. The first-order valence-electron chi connectivity index (χ1n) is 11.8. The predicted molar refractivity (Wildman–Crippen MR) is 130 cm³/mol. The second-order valence-corrected chi connectivity index (χ2v) is 9.90. The second-order valence-electron chi connectivity index (χ2n) is 9.11. The summed E-state index contributed by atoms with van der Waals surface area (Å²) in [4.78, 5) is 26.8. The third-order valence-electron chi connectivity index (χ3n) is 6.77. The minimum absolute atomic E-state index is 0.167. The SMILES string of the molecule is COc1cc2c(N3CCN(C(=O)O)CC3)nc(OC[C@@H]3CCCN3C)nc2c(OC2CC2)c1Br. The number of carboxylic acid groups (broad SMARTS) is 1. The number of carbonyl (C=O) groups is 1. The van der Waals surface area contributed by atoms with Gasteiger partial charge in [0.2, 0.25) is 0 Å². The van der Waals surface area contributed by atoms with E-state index in [-0.39, 0.29) is 6.10 Å². The van der Waals surface area contributed by atoms with Crippen LogP contribution in [0, 0.1) is 0 Å². The molecule has 1 aliphatic carbocycles. The maximum absolute atomic E-state index is 11.4. The largest absolute Gasteiger partial charge is 0.495 e. The number of likely N-dealkylation sites (N-methyl/N-ethyl adjacent to an activating group) is 1. The summed E-state index contributed by atoms with van der Waals surface area (Å²) in [6.07, 6.45) is 3.54. The molecule has 1 amide bonds. The fourth-order valence-electron chi connectivity index (χ4n) is 4.54. The zero-order chi connectivity index (χ0) is 23.8. The lowest BCUT2D eigenvalue weighted by molar-refractivity contribution is 0.142. The number of benzene rings is 1. The molecule has 3 heterocycles. The van der Waals surface area contributed by atoms with Crippen molar-refractivity contribution in [1.29, 1.82) is 0 Å². The number of hydrogen-bond donors (Lipinski definition) is 1. The number of aromatic nitrogens is 2. The number of amides is 1. The van der Waals surface area contributed by atoms with Crippen molar-refractivity contribution in [1.82, 2.24) is 19.8 Å². The summed E-state index contributed by atoms with van der Waals surface area (Å²) < 4.78 is 18.7. The topological polar surface area (TPSA) is 100 Å². The molecule has 5 rings (SSSR count). The smallest absolute Gasteiger partial charge is 0.407 e. The molecule has 2 aromatic rings. The molecule has 0 bridgehead atoms. The molecular formula is C23H30BrN5O5.